The first-order valence-corrected chi connectivity index (χ1v) is 11.4. The molecule has 0 spiro atoms. The first kappa shape index (κ1) is 16.5. The lowest BCUT2D eigenvalue weighted by molar-refractivity contribution is -0.139. The molecule has 0 aromatic carbocycles. The molecule has 0 amide bonds. The lowest BCUT2D eigenvalue weighted by atomic mass is 9.45. The average molecular weight is 358 g/mol. The first-order chi connectivity index (χ1) is 12.5. The molecule has 144 valence electrons. The van der Waals surface area contributed by atoms with Crippen LogP contribution in [0.4, 0.5) is 0 Å². The summed E-state index contributed by atoms with van der Waals surface area (Å²) in [7, 11) is 0. The number of ketones is 1. The fraction of sp³-hybridized carbons (Fsp3) is 0.957. The van der Waals surface area contributed by atoms with Gasteiger partial charge >= 0.3 is 0 Å². The number of rotatable bonds is 1. The van der Waals surface area contributed by atoms with Crippen molar-refractivity contribution >= 4 is 5.78 Å². The number of epoxide rings is 1. The third-order valence-electron chi connectivity index (χ3n) is 10.2. The van der Waals surface area contributed by atoms with E-state index < -0.39 is 0 Å². The van der Waals surface area contributed by atoms with Crippen LogP contribution >= 0.6 is 0 Å². The summed E-state index contributed by atoms with van der Waals surface area (Å²) < 4.78 is 5.96. The second kappa shape index (κ2) is 5.35. The van der Waals surface area contributed by atoms with Crippen molar-refractivity contribution in [3.63, 3.8) is 0 Å². The van der Waals surface area contributed by atoms with Crippen molar-refractivity contribution in [2.75, 3.05) is 13.1 Å². The van der Waals surface area contributed by atoms with E-state index in [4.69, 9.17) is 4.74 Å². The molecule has 26 heavy (non-hydrogen) atoms. The van der Waals surface area contributed by atoms with Gasteiger partial charge in [-0.2, -0.15) is 0 Å². The number of fused-ring (bicyclic) bond motifs is 6. The molecule has 6 aliphatic rings. The molecule has 0 aromatic rings. The molecule has 0 N–H and O–H groups in total. The maximum atomic E-state index is 13.5. The maximum Gasteiger partial charge on any atom is 0.156 e. The van der Waals surface area contributed by atoms with Gasteiger partial charge in [-0.25, -0.2) is 0 Å². The highest BCUT2D eigenvalue weighted by atomic mass is 16.6. The van der Waals surface area contributed by atoms with Gasteiger partial charge in [0.2, 0.25) is 0 Å². The van der Waals surface area contributed by atoms with E-state index in [9.17, 15) is 4.79 Å². The SMILES string of the molecule is C[C@]12CC3O[C@H]3CC1CCC1C2CC[C@]2(C)C(=O)[C@H](N3CCCC3)CC12. The monoisotopic (exact) mass is 357 g/mol. The molecule has 4 aliphatic carbocycles. The van der Waals surface area contributed by atoms with Gasteiger partial charge in [0, 0.05) is 5.41 Å². The van der Waals surface area contributed by atoms with Gasteiger partial charge in [-0.3, -0.25) is 9.69 Å². The third kappa shape index (κ3) is 2.05. The van der Waals surface area contributed by atoms with Crippen molar-refractivity contribution in [3.8, 4) is 0 Å². The van der Waals surface area contributed by atoms with E-state index in [0.29, 0.717) is 29.3 Å². The van der Waals surface area contributed by atoms with Gasteiger partial charge in [0.1, 0.15) is 0 Å². The lowest BCUT2D eigenvalue weighted by Gasteiger charge is -2.58. The molecule has 2 heterocycles. The van der Waals surface area contributed by atoms with E-state index >= 15 is 0 Å². The highest BCUT2D eigenvalue weighted by Crippen LogP contribution is 2.67. The molecule has 0 aromatic heterocycles. The van der Waals surface area contributed by atoms with Gasteiger partial charge < -0.3 is 4.74 Å². The van der Waals surface area contributed by atoms with Crippen LogP contribution in [0.25, 0.3) is 0 Å². The van der Waals surface area contributed by atoms with E-state index in [2.05, 4.69) is 18.7 Å². The van der Waals surface area contributed by atoms with Crippen molar-refractivity contribution in [2.45, 2.75) is 89.9 Å². The minimum absolute atomic E-state index is 0.0229. The summed E-state index contributed by atoms with van der Waals surface area (Å²) in [6.45, 7) is 7.27. The van der Waals surface area contributed by atoms with Crippen LogP contribution in [-0.2, 0) is 9.53 Å². The minimum atomic E-state index is -0.0229. The number of carbonyl (C=O) groups is 1. The van der Waals surface area contributed by atoms with Crippen LogP contribution < -0.4 is 0 Å². The van der Waals surface area contributed by atoms with Crippen LogP contribution in [0.3, 0.4) is 0 Å². The summed E-state index contributed by atoms with van der Waals surface area (Å²) in [5.41, 5.74) is 0.460. The Labute approximate surface area is 158 Å². The van der Waals surface area contributed by atoms with E-state index in [1.54, 1.807) is 0 Å². The van der Waals surface area contributed by atoms with Crippen molar-refractivity contribution < 1.29 is 9.53 Å². The lowest BCUT2D eigenvalue weighted by Crippen LogP contribution is -2.53. The standard InChI is InChI=1S/C23H35NO2/c1-22-8-7-16-15(6-5-14-11-19-20(26-19)13-23(14,16)2)17(22)12-18(21(22)25)24-9-3-4-10-24/h14-20H,3-13H2,1-2H3/t14?,15?,16?,17?,18-,19+,20?,22+,23+/m1/s1. The number of ether oxygens (including phenoxy) is 1. The number of likely N-dealkylation sites (tertiary alicyclic amines) is 1. The van der Waals surface area contributed by atoms with Gasteiger partial charge in [0.15, 0.2) is 5.78 Å². The van der Waals surface area contributed by atoms with Gasteiger partial charge in [-0.15, -0.1) is 0 Å². The minimum Gasteiger partial charge on any atom is -0.370 e. The summed E-state index contributed by atoms with van der Waals surface area (Å²) in [6, 6.07) is 0.249. The van der Waals surface area contributed by atoms with Crippen molar-refractivity contribution in [2.24, 2.45) is 34.5 Å². The Morgan fingerprint density at radius 1 is 1.00 bits per heavy atom. The number of nitrogens with zero attached hydrogens (tertiary/aromatic N) is 1. The van der Waals surface area contributed by atoms with Crippen LogP contribution in [0.5, 0.6) is 0 Å². The van der Waals surface area contributed by atoms with Crippen molar-refractivity contribution in [3.05, 3.63) is 0 Å². The zero-order valence-electron chi connectivity index (χ0n) is 16.6. The van der Waals surface area contributed by atoms with Crippen LogP contribution in [0.1, 0.15) is 71.6 Å². The molecule has 6 rings (SSSR count). The second-order valence-corrected chi connectivity index (χ2v) is 11.1. The van der Waals surface area contributed by atoms with Gasteiger partial charge in [0.05, 0.1) is 18.2 Å². The number of hydrogen-bond donors (Lipinski definition) is 0. The normalized spacial score (nSPS) is 58.7. The van der Waals surface area contributed by atoms with E-state index in [-0.39, 0.29) is 11.5 Å². The largest absolute Gasteiger partial charge is 0.370 e. The second-order valence-electron chi connectivity index (χ2n) is 11.1. The smallest absolute Gasteiger partial charge is 0.156 e. The molecule has 9 atom stereocenters. The Balaban J connectivity index is 1.30. The molecular weight excluding hydrogens is 322 g/mol. The Kier molecular flexibility index (Phi) is 3.40. The Hall–Kier alpha value is -0.410. The molecule has 0 radical (unpaired) electrons. The van der Waals surface area contributed by atoms with Crippen LogP contribution in [0.15, 0.2) is 0 Å². The predicted octanol–water partition coefficient (Wildman–Crippen LogP) is 4.05. The summed E-state index contributed by atoms with van der Waals surface area (Å²) in [5.74, 6) is 3.78. The fourth-order valence-electron chi connectivity index (χ4n) is 8.68. The van der Waals surface area contributed by atoms with Crippen LogP contribution in [0.2, 0.25) is 0 Å². The Morgan fingerprint density at radius 2 is 1.81 bits per heavy atom. The number of carbonyl (C=O) groups excluding carboxylic acids is 1. The van der Waals surface area contributed by atoms with E-state index in [1.807, 2.05) is 0 Å². The van der Waals surface area contributed by atoms with Crippen LogP contribution in [0, 0.1) is 34.5 Å². The topological polar surface area (TPSA) is 32.8 Å². The van der Waals surface area contributed by atoms with E-state index in [0.717, 1.165) is 37.3 Å². The van der Waals surface area contributed by atoms with Gasteiger partial charge in [-0.05, 0) is 100.0 Å². The first-order valence-electron chi connectivity index (χ1n) is 11.4. The quantitative estimate of drug-likeness (QED) is 0.664. The highest BCUT2D eigenvalue weighted by Gasteiger charge is 2.65. The van der Waals surface area contributed by atoms with E-state index in [1.165, 1.54) is 51.4 Å². The average Bonchev–Trinajstić information content (AvgIpc) is 3.02. The molecular formula is C23H35NO2. The molecule has 2 aliphatic heterocycles. The molecule has 3 heteroatoms. The predicted molar refractivity (Wildman–Crippen MR) is 101 cm³/mol. The number of hydrogen-bond acceptors (Lipinski definition) is 3. The third-order valence-corrected chi connectivity index (χ3v) is 10.2. The molecule has 3 nitrogen and oxygen atoms in total. The Bertz CT molecular complexity index is 628. The van der Waals surface area contributed by atoms with Gasteiger partial charge in [0.25, 0.3) is 0 Å². The van der Waals surface area contributed by atoms with Crippen LogP contribution in [-0.4, -0.2) is 42.0 Å². The highest BCUT2D eigenvalue weighted by molar-refractivity contribution is 5.92. The van der Waals surface area contributed by atoms with Crippen molar-refractivity contribution in [1.82, 2.24) is 4.90 Å². The maximum absolute atomic E-state index is 13.5. The molecule has 5 unspecified atom stereocenters. The molecule has 0 bridgehead atoms. The zero-order chi connectivity index (χ0) is 17.7. The molecule has 4 saturated carbocycles. The molecule has 2 saturated heterocycles. The molecule has 6 fully saturated rings. The summed E-state index contributed by atoms with van der Waals surface area (Å²) >= 11 is 0. The van der Waals surface area contributed by atoms with Crippen molar-refractivity contribution in [1.29, 1.82) is 0 Å². The number of Topliss-reactive ketones (excluding diaryl/α,β-unsaturated/α-hetero) is 1. The van der Waals surface area contributed by atoms with Gasteiger partial charge in [-0.1, -0.05) is 13.8 Å². The fourth-order valence-corrected chi connectivity index (χ4v) is 8.68. The summed E-state index contributed by atoms with van der Waals surface area (Å²) in [4.78, 5) is 16.0. The summed E-state index contributed by atoms with van der Waals surface area (Å²) in [6.07, 6.45) is 12.8. The zero-order valence-corrected chi connectivity index (χ0v) is 16.6. The Morgan fingerprint density at radius 3 is 2.62 bits per heavy atom. The summed E-state index contributed by atoms with van der Waals surface area (Å²) in [5, 5.41) is 0.